The van der Waals surface area contributed by atoms with Gasteiger partial charge in [0.15, 0.2) is 18.1 Å². The van der Waals surface area contributed by atoms with Gasteiger partial charge in [-0.2, -0.15) is 5.26 Å². The number of nitrogens with zero attached hydrogens (tertiary/aromatic N) is 2. The summed E-state index contributed by atoms with van der Waals surface area (Å²) in [7, 11) is 4.53. The number of halogens is 1. The number of benzene rings is 2. The summed E-state index contributed by atoms with van der Waals surface area (Å²) in [4.78, 5) is 16.9. The van der Waals surface area contributed by atoms with Crippen molar-refractivity contribution in [2.45, 2.75) is 0 Å². The summed E-state index contributed by atoms with van der Waals surface area (Å²) in [6.07, 6.45) is 1.41. The van der Waals surface area contributed by atoms with Crippen molar-refractivity contribution in [3.8, 4) is 23.3 Å². The van der Waals surface area contributed by atoms with E-state index in [1.54, 1.807) is 18.2 Å². The Labute approximate surface area is 167 Å². The number of anilines is 1. The number of nitrogens with one attached hydrogen (secondary N) is 1. The third-order valence-corrected chi connectivity index (χ3v) is 3.85. The highest BCUT2D eigenvalue weighted by atomic mass is 35.5. The van der Waals surface area contributed by atoms with Crippen LogP contribution in [-0.4, -0.2) is 40.1 Å². The molecule has 0 spiro atoms. The van der Waals surface area contributed by atoms with E-state index in [-0.39, 0.29) is 11.6 Å². The predicted octanol–water partition coefficient (Wildman–Crippen LogP) is 3.23. The highest BCUT2D eigenvalue weighted by Gasteiger charge is 2.12. The molecule has 0 aromatic heterocycles. The van der Waals surface area contributed by atoms with Crippen molar-refractivity contribution < 1.29 is 23.8 Å². The zero-order valence-electron chi connectivity index (χ0n) is 15.5. The lowest BCUT2D eigenvalue weighted by atomic mass is 10.2. The first-order chi connectivity index (χ1) is 13.5. The van der Waals surface area contributed by atoms with Crippen LogP contribution in [0.5, 0.6) is 17.2 Å². The Morgan fingerprint density at radius 1 is 1.18 bits per heavy atom. The number of oxime groups is 1. The van der Waals surface area contributed by atoms with Crippen LogP contribution in [0.2, 0.25) is 5.02 Å². The third-order valence-electron chi connectivity index (χ3n) is 3.53. The molecule has 1 N–H and O–H groups in total. The number of rotatable bonds is 8. The molecule has 0 saturated heterocycles. The highest BCUT2D eigenvalue weighted by molar-refractivity contribution is 6.32. The smallest absolute Gasteiger partial charge is 0.265 e. The summed E-state index contributed by atoms with van der Waals surface area (Å²) >= 11 is 5.92. The topological polar surface area (TPSA) is 102 Å². The quantitative estimate of drug-likeness (QED) is 0.536. The van der Waals surface area contributed by atoms with Crippen molar-refractivity contribution in [3.05, 3.63) is 46.5 Å². The second kappa shape index (κ2) is 10.0. The minimum absolute atomic E-state index is 0.252. The highest BCUT2D eigenvalue weighted by Crippen LogP contribution is 2.37. The Balaban J connectivity index is 1.95. The normalized spacial score (nSPS) is 10.2. The minimum atomic E-state index is -0.428. The molecular weight excluding hydrogens is 386 g/mol. The lowest BCUT2D eigenvalue weighted by Gasteiger charge is -2.12. The standard InChI is InChI=1S/C19H18ClN3O5/c1-25-16-6-12(7-17(26-2)19(16)27-3)10-22-28-11-18(24)23-14-5-4-13(9-21)15(20)8-14/h4-8,10H,11H2,1-3H3,(H,23,24)/b22-10-. The fourth-order valence-corrected chi connectivity index (χ4v) is 2.47. The van der Waals surface area contributed by atoms with E-state index in [9.17, 15) is 4.79 Å². The van der Waals surface area contributed by atoms with E-state index in [0.29, 0.717) is 34.1 Å². The monoisotopic (exact) mass is 403 g/mol. The molecule has 0 radical (unpaired) electrons. The first kappa shape index (κ1) is 20.9. The van der Waals surface area contributed by atoms with Gasteiger partial charge in [-0.15, -0.1) is 0 Å². The van der Waals surface area contributed by atoms with E-state index in [1.165, 1.54) is 39.7 Å². The van der Waals surface area contributed by atoms with Crippen LogP contribution in [-0.2, 0) is 9.63 Å². The van der Waals surface area contributed by atoms with Crippen LogP contribution in [0.1, 0.15) is 11.1 Å². The Morgan fingerprint density at radius 2 is 1.86 bits per heavy atom. The zero-order valence-corrected chi connectivity index (χ0v) is 16.2. The van der Waals surface area contributed by atoms with Crippen molar-refractivity contribution in [2.24, 2.45) is 5.16 Å². The van der Waals surface area contributed by atoms with E-state index in [4.69, 9.17) is 35.9 Å². The van der Waals surface area contributed by atoms with Crippen molar-refractivity contribution in [1.82, 2.24) is 0 Å². The van der Waals surface area contributed by atoms with Crippen molar-refractivity contribution >= 4 is 29.4 Å². The fourth-order valence-electron chi connectivity index (χ4n) is 2.25. The molecule has 0 atom stereocenters. The number of amides is 1. The zero-order chi connectivity index (χ0) is 20.5. The molecule has 8 nitrogen and oxygen atoms in total. The maximum atomic E-state index is 11.9. The summed E-state index contributed by atoms with van der Waals surface area (Å²) in [6.45, 7) is -0.307. The summed E-state index contributed by atoms with van der Waals surface area (Å²) in [5, 5.41) is 15.5. The molecule has 0 aliphatic carbocycles. The van der Waals surface area contributed by atoms with Crippen molar-refractivity contribution in [3.63, 3.8) is 0 Å². The molecule has 28 heavy (non-hydrogen) atoms. The summed E-state index contributed by atoms with van der Waals surface area (Å²) in [5.74, 6) is 0.976. The molecule has 0 aliphatic rings. The molecular formula is C19H18ClN3O5. The number of hydrogen-bond donors (Lipinski definition) is 1. The first-order valence-electron chi connectivity index (χ1n) is 7.97. The van der Waals surface area contributed by atoms with Gasteiger partial charge < -0.3 is 24.4 Å². The molecule has 146 valence electrons. The van der Waals surface area contributed by atoms with Crippen LogP contribution in [0.15, 0.2) is 35.5 Å². The van der Waals surface area contributed by atoms with Crippen LogP contribution >= 0.6 is 11.6 Å². The number of nitriles is 1. The second-order valence-corrected chi connectivity index (χ2v) is 5.73. The molecule has 9 heteroatoms. The average molecular weight is 404 g/mol. The lowest BCUT2D eigenvalue weighted by Crippen LogP contribution is -2.17. The molecule has 2 aromatic rings. The van der Waals surface area contributed by atoms with Gasteiger partial charge in [-0.1, -0.05) is 16.8 Å². The Kier molecular flexibility index (Phi) is 7.48. The van der Waals surface area contributed by atoms with Crippen LogP contribution in [0.3, 0.4) is 0 Å². The molecule has 2 rings (SSSR count). The Bertz CT molecular complexity index is 899. The van der Waals surface area contributed by atoms with E-state index in [2.05, 4.69) is 10.5 Å². The van der Waals surface area contributed by atoms with Gasteiger partial charge in [-0.25, -0.2) is 0 Å². The average Bonchev–Trinajstić information content (AvgIpc) is 2.70. The second-order valence-electron chi connectivity index (χ2n) is 5.32. The predicted molar refractivity (Wildman–Crippen MR) is 104 cm³/mol. The Hall–Kier alpha value is -3.44. The van der Waals surface area contributed by atoms with Crippen molar-refractivity contribution in [2.75, 3.05) is 33.3 Å². The van der Waals surface area contributed by atoms with E-state index >= 15 is 0 Å². The van der Waals surface area contributed by atoms with Gasteiger partial charge in [0.25, 0.3) is 5.91 Å². The number of carbonyl (C=O) groups excluding carboxylic acids is 1. The summed E-state index contributed by atoms with van der Waals surface area (Å²) in [6, 6.07) is 9.89. The largest absolute Gasteiger partial charge is 0.493 e. The summed E-state index contributed by atoms with van der Waals surface area (Å²) < 4.78 is 15.8. The lowest BCUT2D eigenvalue weighted by molar-refractivity contribution is -0.120. The van der Waals surface area contributed by atoms with Crippen LogP contribution < -0.4 is 19.5 Å². The van der Waals surface area contributed by atoms with E-state index < -0.39 is 5.91 Å². The van der Waals surface area contributed by atoms with E-state index in [0.717, 1.165) is 0 Å². The molecule has 0 heterocycles. The molecule has 0 fully saturated rings. The third kappa shape index (κ3) is 5.28. The molecule has 0 saturated carbocycles. The first-order valence-corrected chi connectivity index (χ1v) is 8.35. The SMILES string of the molecule is COc1cc(/C=N\OCC(=O)Nc2ccc(C#N)c(Cl)c2)cc(OC)c1OC. The van der Waals surface area contributed by atoms with Gasteiger partial charge in [-0.05, 0) is 30.3 Å². The van der Waals surface area contributed by atoms with Crippen LogP contribution in [0.4, 0.5) is 5.69 Å². The van der Waals surface area contributed by atoms with Crippen molar-refractivity contribution in [1.29, 1.82) is 5.26 Å². The van der Waals surface area contributed by atoms with Gasteiger partial charge in [0.1, 0.15) is 6.07 Å². The van der Waals surface area contributed by atoms with Gasteiger partial charge in [0, 0.05) is 11.3 Å². The molecule has 0 bridgehead atoms. The molecule has 0 unspecified atom stereocenters. The molecule has 0 aliphatic heterocycles. The van der Waals surface area contributed by atoms with Gasteiger partial charge >= 0.3 is 0 Å². The number of carbonyl (C=O) groups is 1. The van der Waals surface area contributed by atoms with Gasteiger partial charge in [0.2, 0.25) is 5.75 Å². The molecule has 2 aromatic carbocycles. The van der Waals surface area contributed by atoms with Gasteiger partial charge in [-0.3, -0.25) is 4.79 Å². The maximum Gasteiger partial charge on any atom is 0.265 e. The van der Waals surface area contributed by atoms with Crippen LogP contribution in [0, 0.1) is 11.3 Å². The maximum absolute atomic E-state index is 11.9. The molecule has 1 amide bonds. The number of hydrogen-bond acceptors (Lipinski definition) is 7. The van der Waals surface area contributed by atoms with E-state index in [1.807, 2.05) is 6.07 Å². The Morgan fingerprint density at radius 3 is 2.39 bits per heavy atom. The summed E-state index contributed by atoms with van der Waals surface area (Å²) in [5.41, 5.74) is 1.41. The minimum Gasteiger partial charge on any atom is -0.493 e. The van der Waals surface area contributed by atoms with Gasteiger partial charge in [0.05, 0.1) is 38.1 Å². The van der Waals surface area contributed by atoms with Crippen LogP contribution in [0.25, 0.3) is 0 Å². The fraction of sp³-hybridized carbons (Fsp3) is 0.211. The number of ether oxygens (including phenoxy) is 3. The number of methoxy groups -OCH3 is 3.